The Morgan fingerprint density at radius 1 is 1.44 bits per heavy atom. The number of hydrogen-bond acceptors (Lipinski definition) is 3. The van der Waals surface area contributed by atoms with E-state index in [0.29, 0.717) is 12.1 Å². The number of hydrogen-bond donors (Lipinski definition) is 1. The van der Waals surface area contributed by atoms with E-state index in [1.165, 1.54) is 12.1 Å². The molecule has 18 heavy (non-hydrogen) atoms. The van der Waals surface area contributed by atoms with Crippen LogP contribution in [0.2, 0.25) is 0 Å². The molecule has 1 heterocycles. The first-order valence-electron chi connectivity index (χ1n) is 5.69. The molecule has 1 N–H and O–H groups in total. The lowest BCUT2D eigenvalue weighted by atomic mass is 10.3. The Morgan fingerprint density at radius 2 is 2.28 bits per heavy atom. The van der Waals surface area contributed by atoms with Crippen LogP contribution in [0.1, 0.15) is 0 Å². The van der Waals surface area contributed by atoms with Gasteiger partial charge in [0.05, 0.1) is 17.6 Å². The normalized spacial score (nSPS) is 11.1. The van der Waals surface area contributed by atoms with E-state index in [1.807, 2.05) is 0 Å². The molecular formula is C12H15BrFN3O. The fourth-order valence-corrected chi connectivity index (χ4v) is 2.17. The third-order valence-corrected chi connectivity index (χ3v) is 3.01. The second-order valence-corrected chi connectivity index (χ2v) is 4.68. The summed E-state index contributed by atoms with van der Waals surface area (Å²) in [6.07, 6.45) is 0. The van der Waals surface area contributed by atoms with Crippen LogP contribution in [0.4, 0.5) is 10.3 Å². The van der Waals surface area contributed by atoms with Gasteiger partial charge in [0.1, 0.15) is 5.82 Å². The highest BCUT2D eigenvalue weighted by Gasteiger charge is 2.11. The maximum Gasteiger partial charge on any atom is 0.203 e. The highest BCUT2D eigenvalue weighted by atomic mass is 79.9. The zero-order chi connectivity index (χ0) is 13.0. The van der Waals surface area contributed by atoms with Gasteiger partial charge in [0, 0.05) is 25.5 Å². The quantitative estimate of drug-likeness (QED) is 0.833. The number of aromatic nitrogens is 2. The van der Waals surface area contributed by atoms with Crippen molar-refractivity contribution in [2.75, 3.05) is 37.0 Å². The van der Waals surface area contributed by atoms with E-state index >= 15 is 0 Å². The van der Waals surface area contributed by atoms with Crippen LogP contribution < -0.4 is 4.90 Å². The number of fused-ring (bicyclic) bond motifs is 1. The molecule has 0 radical (unpaired) electrons. The summed E-state index contributed by atoms with van der Waals surface area (Å²) in [6, 6.07) is 4.54. The number of anilines is 1. The molecule has 4 nitrogen and oxygen atoms in total. The van der Waals surface area contributed by atoms with Gasteiger partial charge in [-0.3, -0.25) is 0 Å². The van der Waals surface area contributed by atoms with Crippen LogP contribution in [0.25, 0.3) is 11.0 Å². The summed E-state index contributed by atoms with van der Waals surface area (Å²) < 4.78 is 18.2. The standard InChI is InChI=1S/C12H15BrFN3O/c1-18-7-6-17(5-4-13)12-15-10-3-2-9(14)8-11(10)16-12/h2-3,8H,4-7H2,1H3,(H,15,16). The Hall–Kier alpha value is -1.14. The molecule has 2 aromatic rings. The Balaban J connectivity index is 2.26. The third-order valence-electron chi connectivity index (χ3n) is 2.65. The van der Waals surface area contributed by atoms with Crippen LogP contribution >= 0.6 is 15.9 Å². The summed E-state index contributed by atoms with van der Waals surface area (Å²) in [7, 11) is 1.67. The molecular weight excluding hydrogens is 301 g/mol. The van der Waals surface area contributed by atoms with E-state index in [-0.39, 0.29) is 5.82 Å². The van der Waals surface area contributed by atoms with Crippen LogP contribution in [-0.2, 0) is 4.74 Å². The van der Waals surface area contributed by atoms with Crippen LogP contribution in [-0.4, -0.2) is 42.1 Å². The number of halogens is 2. The number of aromatic amines is 1. The molecule has 1 aromatic heterocycles. The summed E-state index contributed by atoms with van der Waals surface area (Å²) in [5.74, 6) is 0.480. The van der Waals surface area contributed by atoms with Gasteiger partial charge in [0.15, 0.2) is 0 Å². The molecule has 0 atom stereocenters. The molecule has 6 heteroatoms. The Morgan fingerprint density at radius 3 is 3.00 bits per heavy atom. The van der Waals surface area contributed by atoms with Gasteiger partial charge in [0.25, 0.3) is 0 Å². The zero-order valence-corrected chi connectivity index (χ0v) is 11.7. The van der Waals surface area contributed by atoms with Crippen molar-refractivity contribution < 1.29 is 9.13 Å². The molecule has 2 rings (SSSR count). The lowest BCUT2D eigenvalue weighted by molar-refractivity contribution is 0.205. The summed E-state index contributed by atoms with van der Waals surface area (Å²) in [6.45, 7) is 2.18. The van der Waals surface area contributed by atoms with Gasteiger partial charge >= 0.3 is 0 Å². The van der Waals surface area contributed by atoms with Crippen molar-refractivity contribution in [1.82, 2.24) is 9.97 Å². The van der Waals surface area contributed by atoms with Crippen LogP contribution in [0, 0.1) is 5.82 Å². The summed E-state index contributed by atoms with van der Waals surface area (Å²) in [5, 5.41) is 0.835. The van der Waals surface area contributed by atoms with Gasteiger partial charge in [-0.2, -0.15) is 0 Å². The van der Waals surface area contributed by atoms with Gasteiger partial charge in [-0.1, -0.05) is 15.9 Å². The molecule has 98 valence electrons. The number of nitrogens with zero attached hydrogens (tertiary/aromatic N) is 2. The maximum absolute atomic E-state index is 13.1. The largest absolute Gasteiger partial charge is 0.383 e. The third kappa shape index (κ3) is 3.00. The van der Waals surface area contributed by atoms with Crippen molar-refractivity contribution in [3.63, 3.8) is 0 Å². The van der Waals surface area contributed by atoms with Crippen molar-refractivity contribution in [2.24, 2.45) is 0 Å². The second kappa shape index (κ2) is 6.15. The van der Waals surface area contributed by atoms with Gasteiger partial charge in [-0.05, 0) is 18.2 Å². The first-order valence-corrected chi connectivity index (χ1v) is 6.82. The first kappa shape index (κ1) is 13.3. The maximum atomic E-state index is 13.1. The number of ether oxygens (including phenoxy) is 1. The highest BCUT2D eigenvalue weighted by Crippen LogP contribution is 2.18. The van der Waals surface area contributed by atoms with E-state index in [4.69, 9.17) is 4.74 Å². The number of H-pyrrole nitrogens is 1. The van der Waals surface area contributed by atoms with Gasteiger partial charge in [-0.25, -0.2) is 9.37 Å². The van der Waals surface area contributed by atoms with Crippen molar-refractivity contribution in [2.45, 2.75) is 0 Å². The monoisotopic (exact) mass is 315 g/mol. The minimum atomic E-state index is -0.262. The number of methoxy groups -OCH3 is 1. The van der Waals surface area contributed by atoms with Gasteiger partial charge in [0.2, 0.25) is 5.95 Å². The predicted octanol–water partition coefficient (Wildman–Crippen LogP) is 2.55. The SMILES string of the molecule is COCCN(CCBr)c1nc2ccc(F)cc2[nH]1. The molecule has 0 aliphatic carbocycles. The Bertz CT molecular complexity index is 517. The fraction of sp³-hybridized carbons (Fsp3) is 0.417. The molecule has 0 saturated carbocycles. The molecule has 0 amide bonds. The summed E-state index contributed by atoms with van der Waals surface area (Å²) >= 11 is 3.41. The van der Waals surface area contributed by atoms with Crippen molar-refractivity contribution >= 4 is 32.9 Å². The predicted molar refractivity (Wildman–Crippen MR) is 73.9 cm³/mol. The number of alkyl halides is 1. The van der Waals surface area contributed by atoms with Gasteiger partial charge in [-0.15, -0.1) is 0 Å². The van der Waals surface area contributed by atoms with E-state index in [2.05, 4.69) is 30.8 Å². The molecule has 0 fully saturated rings. The van der Waals surface area contributed by atoms with E-state index in [0.717, 1.165) is 29.9 Å². The number of benzene rings is 1. The minimum absolute atomic E-state index is 0.262. The topological polar surface area (TPSA) is 41.1 Å². The molecule has 0 aliphatic heterocycles. The summed E-state index contributed by atoms with van der Waals surface area (Å²) in [5.41, 5.74) is 1.48. The number of imidazole rings is 1. The van der Waals surface area contributed by atoms with E-state index < -0.39 is 0 Å². The number of rotatable bonds is 6. The van der Waals surface area contributed by atoms with E-state index in [1.54, 1.807) is 13.2 Å². The van der Waals surface area contributed by atoms with Crippen molar-refractivity contribution in [1.29, 1.82) is 0 Å². The highest BCUT2D eigenvalue weighted by molar-refractivity contribution is 9.09. The van der Waals surface area contributed by atoms with Crippen LogP contribution in [0.5, 0.6) is 0 Å². The van der Waals surface area contributed by atoms with Gasteiger partial charge < -0.3 is 14.6 Å². The Kier molecular flexibility index (Phi) is 4.54. The average Bonchev–Trinajstić information content (AvgIpc) is 2.77. The lowest BCUT2D eigenvalue weighted by Gasteiger charge is -2.20. The smallest absolute Gasteiger partial charge is 0.203 e. The number of nitrogens with one attached hydrogen (secondary N) is 1. The second-order valence-electron chi connectivity index (χ2n) is 3.89. The molecule has 0 aliphatic rings. The molecule has 0 unspecified atom stereocenters. The first-order chi connectivity index (χ1) is 8.74. The molecule has 0 spiro atoms. The van der Waals surface area contributed by atoms with E-state index in [9.17, 15) is 4.39 Å². The van der Waals surface area contributed by atoms with Crippen molar-refractivity contribution in [3.05, 3.63) is 24.0 Å². The zero-order valence-electron chi connectivity index (χ0n) is 10.1. The fourth-order valence-electron chi connectivity index (χ4n) is 1.75. The molecule has 1 aromatic carbocycles. The Labute approximate surface area is 113 Å². The van der Waals surface area contributed by atoms with Crippen LogP contribution in [0.3, 0.4) is 0 Å². The van der Waals surface area contributed by atoms with Crippen LogP contribution in [0.15, 0.2) is 18.2 Å². The molecule has 0 bridgehead atoms. The minimum Gasteiger partial charge on any atom is -0.383 e. The lowest BCUT2D eigenvalue weighted by Crippen LogP contribution is -2.30. The average molecular weight is 316 g/mol. The van der Waals surface area contributed by atoms with Crippen molar-refractivity contribution in [3.8, 4) is 0 Å². The molecule has 0 saturated heterocycles. The summed E-state index contributed by atoms with van der Waals surface area (Å²) in [4.78, 5) is 9.65.